The fourth-order valence-corrected chi connectivity index (χ4v) is 10.2. The number of aromatic amines is 2. The van der Waals surface area contributed by atoms with Crippen LogP contribution in [0.15, 0.2) is 54.7 Å². The number of likely N-dealkylation sites (tertiary alicyclic amines) is 2. The number of nitrogens with one attached hydrogen (secondary N) is 4. The maximum atomic E-state index is 15.7. The molecule has 6 heterocycles. The number of benzene rings is 2. The van der Waals surface area contributed by atoms with E-state index in [1.54, 1.807) is 4.90 Å². The average Bonchev–Trinajstić information content (AvgIpc) is 3.72. The second-order valence-corrected chi connectivity index (χ2v) is 17.5. The summed E-state index contributed by atoms with van der Waals surface area (Å²) in [7, 11) is 2.58. The van der Waals surface area contributed by atoms with Crippen molar-refractivity contribution in [3.05, 3.63) is 72.3 Å². The molecule has 4 N–H and O–H groups in total. The Morgan fingerprint density at radius 1 is 0.698 bits per heavy atom. The van der Waals surface area contributed by atoms with Crippen LogP contribution in [0.1, 0.15) is 82.0 Å². The number of aromatic nitrogens is 4. The number of amides is 4. The van der Waals surface area contributed by atoms with Crippen LogP contribution in [-0.2, 0) is 28.5 Å². The van der Waals surface area contributed by atoms with Gasteiger partial charge in [-0.15, -0.1) is 0 Å². The van der Waals surface area contributed by atoms with Crippen molar-refractivity contribution in [2.45, 2.75) is 94.5 Å². The van der Waals surface area contributed by atoms with E-state index in [2.05, 4.69) is 20.6 Å². The van der Waals surface area contributed by atoms with Crippen molar-refractivity contribution in [2.24, 2.45) is 17.8 Å². The van der Waals surface area contributed by atoms with Crippen molar-refractivity contribution in [3.63, 3.8) is 0 Å². The van der Waals surface area contributed by atoms with Crippen LogP contribution in [0, 0.1) is 23.7 Å². The molecule has 0 radical (unpaired) electrons. The third-order valence-electron chi connectivity index (χ3n) is 13.8. The summed E-state index contributed by atoms with van der Waals surface area (Å²) in [5.74, 6) is 0.328. The van der Waals surface area contributed by atoms with Gasteiger partial charge in [0.2, 0.25) is 17.8 Å². The number of rotatable bonds is 11. The van der Waals surface area contributed by atoms with Gasteiger partial charge < -0.3 is 49.3 Å². The van der Waals surface area contributed by atoms with Crippen molar-refractivity contribution >= 4 is 24.0 Å². The molecule has 63 heavy (non-hydrogen) atoms. The normalized spacial score (nSPS) is 24.7. The van der Waals surface area contributed by atoms with E-state index in [4.69, 9.17) is 28.9 Å². The van der Waals surface area contributed by atoms with E-state index >= 15 is 4.39 Å². The van der Waals surface area contributed by atoms with E-state index in [0.717, 1.165) is 41.6 Å². The van der Waals surface area contributed by atoms with Crippen LogP contribution < -0.4 is 10.6 Å². The number of alkyl carbamates (subject to hydrolysis) is 2. The SMILES string of the molecule is COC(=O)N[C@H](C(=O)N1C2CC2C[C@H]1c1nc(-c2ccc(-c3ccc(-c4c[nH]c([C@@H]5CC[C@@H](C)N5C(=O)[C@@H](NC(=O)OC)C5CCOCC5)n4)cc3)cc2)c(F)[nH]1)C1CCOCC1. The third-order valence-corrected chi connectivity index (χ3v) is 13.8. The molecule has 1 saturated carbocycles. The van der Waals surface area contributed by atoms with Gasteiger partial charge in [-0.3, -0.25) is 9.59 Å². The molecule has 16 nitrogen and oxygen atoms in total. The molecule has 334 valence electrons. The smallest absolute Gasteiger partial charge is 0.407 e. The van der Waals surface area contributed by atoms with Gasteiger partial charge in [0.1, 0.15) is 29.4 Å². The number of carbonyl (C=O) groups is 4. The van der Waals surface area contributed by atoms with E-state index < -0.39 is 36.3 Å². The number of piperidine rings is 1. The zero-order valence-electron chi connectivity index (χ0n) is 35.8. The second-order valence-electron chi connectivity index (χ2n) is 17.5. The Labute approximate surface area is 365 Å². The van der Waals surface area contributed by atoms with E-state index in [-0.39, 0.29) is 47.5 Å². The Balaban J connectivity index is 0.875. The van der Waals surface area contributed by atoms with Crippen molar-refractivity contribution < 1.29 is 42.5 Å². The predicted molar refractivity (Wildman–Crippen MR) is 227 cm³/mol. The first kappa shape index (κ1) is 42.5. The zero-order valence-corrected chi connectivity index (χ0v) is 35.8. The Morgan fingerprint density at radius 2 is 1.24 bits per heavy atom. The molecule has 2 aromatic heterocycles. The minimum absolute atomic E-state index is 0.0253. The third kappa shape index (κ3) is 8.64. The number of methoxy groups -OCH3 is 2. The van der Waals surface area contributed by atoms with E-state index in [0.29, 0.717) is 81.7 Å². The van der Waals surface area contributed by atoms with Crippen LogP contribution in [0.5, 0.6) is 0 Å². The first-order valence-corrected chi connectivity index (χ1v) is 22.1. The maximum absolute atomic E-state index is 15.7. The number of hydrogen-bond acceptors (Lipinski definition) is 10. The number of carbonyl (C=O) groups excluding carboxylic acids is 4. The molecule has 9 rings (SSSR count). The summed E-state index contributed by atoms with van der Waals surface area (Å²) >= 11 is 0. The quantitative estimate of drug-likeness (QED) is 0.133. The summed E-state index contributed by atoms with van der Waals surface area (Å²) in [6, 6.07) is 13.3. The topological polar surface area (TPSA) is 193 Å². The number of imidazole rings is 2. The highest BCUT2D eigenvalue weighted by Gasteiger charge is 2.57. The lowest BCUT2D eigenvalue weighted by molar-refractivity contribution is -0.139. The van der Waals surface area contributed by atoms with Gasteiger partial charge in [-0.2, -0.15) is 4.39 Å². The number of nitrogens with zero attached hydrogens (tertiary/aromatic N) is 4. The molecule has 4 aromatic rings. The number of H-pyrrole nitrogens is 2. The highest BCUT2D eigenvalue weighted by Crippen LogP contribution is 2.54. The lowest BCUT2D eigenvalue weighted by Crippen LogP contribution is -2.54. The molecule has 5 fully saturated rings. The molecule has 5 aliphatic rings. The lowest BCUT2D eigenvalue weighted by atomic mass is 9.90. The first-order chi connectivity index (χ1) is 30.6. The van der Waals surface area contributed by atoms with Gasteiger partial charge in [-0.25, -0.2) is 19.6 Å². The van der Waals surface area contributed by atoms with Crippen LogP contribution in [0.3, 0.4) is 0 Å². The minimum atomic E-state index is -0.774. The van der Waals surface area contributed by atoms with Crippen molar-refractivity contribution in [1.82, 2.24) is 40.4 Å². The molecule has 2 unspecified atom stereocenters. The Kier molecular flexibility index (Phi) is 12.2. The van der Waals surface area contributed by atoms with Crippen LogP contribution in [0.25, 0.3) is 33.6 Å². The summed E-state index contributed by atoms with van der Waals surface area (Å²) in [5, 5.41) is 5.61. The van der Waals surface area contributed by atoms with Crippen LogP contribution in [0.2, 0.25) is 0 Å². The molecular weight excluding hydrogens is 812 g/mol. The van der Waals surface area contributed by atoms with E-state index in [9.17, 15) is 19.2 Å². The molecule has 4 amide bonds. The average molecular weight is 867 g/mol. The zero-order chi connectivity index (χ0) is 43.8. The van der Waals surface area contributed by atoms with E-state index in [1.807, 2.05) is 66.6 Å². The molecule has 17 heteroatoms. The second kappa shape index (κ2) is 18.1. The summed E-state index contributed by atoms with van der Waals surface area (Å²) in [4.78, 5) is 72.6. The lowest BCUT2D eigenvalue weighted by Gasteiger charge is -2.36. The number of hydrogen-bond donors (Lipinski definition) is 4. The highest BCUT2D eigenvalue weighted by atomic mass is 19.1. The van der Waals surface area contributed by atoms with Crippen molar-refractivity contribution in [3.8, 4) is 33.6 Å². The maximum Gasteiger partial charge on any atom is 0.407 e. The van der Waals surface area contributed by atoms with Crippen LogP contribution >= 0.6 is 0 Å². The predicted octanol–water partition coefficient (Wildman–Crippen LogP) is 6.29. The van der Waals surface area contributed by atoms with Crippen LogP contribution in [0.4, 0.5) is 14.0 Å². The van der Waals surface area contributed by atoms with Crippen molar-refractivity contribution in [1.29, 1.82) is 0 Å². The Morgan fingerprint density at radius 3 is 1.81 bits per heavy atom. The molecule has 7 atom stereocenters. The summed E-state index contributed by atoms with van der Waals surface area (Å²) in [6.45, 7) is 4.14. The Bertz CT molecular complexity index is 2290. The van der Waals surface area contributed by atoms with Gasteiger partial charge in [0.05, 0.1) is 32.0 Å². The fraction of sp³-hybridized carbons (Fsp3) is 0.522. The standard InChI is InChI=1S/C46H55FN8O8/c1-25-4-13-34(54(25)43(56)38(51-45(58)60-2)30-14-18-62-19-15-30)41-48-24-33(49-41)28-9-5-26(6-10-28)27-7-11-29(12-8-27)37-40(47)53-42(50-37)36-23-32-22-35(32)55(36)44(57)39(52-46(59)61-3)31-16-20-63-21-17-31/h5-12,24-25,30-32,34-36,38-39H,4,13-23H2,1-3H3,(H,48,49)(H,50,53)(H,51,58)(H,52,59)/t25-,32?,34+,35?,36+,38+,39+/m1/s1. The molecule has 0 spiro atoms. The monoisotopic (exact) mass is 866 g/mol. The van der Waals surface area contributed by atoms with Gasteiger partial charge in [-0.05, 0) is 87.2 Å². The minimum Gasteiger partial charge on any atom is -0.453 e. The summed E-state index contributed by atoms with van der Waals surface area (Å²) in [6.07, 6.45) is 6.27. The molecule has 0 bridgehead atoms. The van der Waals surface area contributed by atoms with Gasteiger partial charge in [0.25, 0.3) is 0 Å². The summed E-state index contributed by atoms with van der Waals surface area (Å²) < 4.78 is 36.5. The Hall–Kier alpha value is -5.81. The summed E-state index contributed by atoms with van der Waals surface area (Å²) in [5.41, 5.74) is 4.32. The first-order valence-electron chi connectivity index (χ1n) is 22.1. The fourth-order valence-electron chi connectivity index (χ4n) is 10.2. The molecule has 1 aliphatic carbocycles. The van der Waals surface area contributed by atoms with Gasteiger partial charge >= 0.3 is 12.2 Å². The van der Waals surface area contributed by atoms with Crippen molar-refractivity contribution in [2.75, 3.05) is 40.6 Å². The van der Waals surface area contributed by atoms with Gasteiger partial charge in [0, 0.05) is 55.8 Å². The molecule has 2 aromatic carbocycles. The molecule has 4 saturated heterocycles. The van der Waals surface area contributed by atoms with Gasteiger partial charge in [-0.1, -0.05) is 48.5 Å². The van der Waals surface area contributed by atoms with Gasteiger partial charge in [0.15, 0.2) is 0 Å². The number of halogens is 1. The highest BCUT2D eigenvalue weighted by molar-refractivity contribution is 5.88. The molecule has 4 aliphatic heterocycles. The number of ether oxygens (including phenoxy) is 4. The largest absolute Gasteiger partial charge is 0.453 e. The van der Waals surface area contributed by atoms with Crippen LogP contribution in [-0.4, -0.2) is 119 Å². The number of fused-ring (bicyclic) bond motifs is 1. The van der Waals surface area contributed by atoms with E-state index in [1.165, 1.54) is 14.2 Å². The molecular formula is C46H55FN8O8.